The van der Waals surface area contributed by atoms with Gasteiger partial charge in [-0.2, -0.15) is 0 Å². The molecule has 1 aliphatic heterocycles. The normalized spacial score (nSPS) is 33.0. The lowest BCUT2D eigenvalue weighted by molar-refractivity contribution is 0.0466. The molecule has 0 aliphatic carbocycles. The van der Waals surface area contributed by atoms with E-state index in [0.29, 0.717) is 13.0 Å². The number of rotatable bonds is 0. The Labute approximate surface area is 48.4 Å². The molecular weight excluding hydrogens is 107 g/mol. The number of hydrazine groups is 1. The van der Waals surface area contributed by atoms with E-state index in [0.717, 1.165) is 12.8 Å². The minimum atomic E-state index is -0.885. The third-order valence-corrected chi connectivity index (χ3v) is 1.47. The van der Waals surface area contributed by atoms with Crippen molar-refractivity contribution in [1.82, 2.24) is 5.01 Å². The highest BCUT2D eigenvalue weighted by Gasteiger charge is 2.16. The third-order valence-electron chi connectivity index (χ3n) is 1.47. The molecule has 2 nitrogen and oxygen atoms in total. The number of nitrogens with two attached hydrogens (primary N) is 1. The monoisotopic (exact) mass is 118 g/mol. The lowest BCUT2D eigenvalue weighted by Crippen LogP contribution is -2.41. The van der Waals surface area contributed by atoms with Crippen molar-refractivity contribution in [1.29, 1.82) is 0 Å². The predicted molar refractivity (Wildman–Crippen MR) is 29.6 cm³/mol. The zero-order chi connectivity index (χ0) is 5.98. The highest BCUT2D eigenvalue weighted by molar-refractivity contribution is 4.62. The van der Waals surface area contributed by atoms with Crippen LogP contribution in [0.25, 0.3) is 0 Å². The molecule has 1 saturated heterocycles. The van der Waals surface area contributed by atoms with E-state index in [-0.39, 0.29) is 0 Å². The van der Waals surface area contributed by atoms with Crippen LogP contribution < -0.4 is 5.84 Å². The van der Waals surface area contributed by atoms with Crippen molar-refractivity contribution in [2.75, 3.05) is 6.54 Å². The van der Waals surface area contributed by atoms with Gasteiger partial charge in [-0.1, -0.05) is 0 Å². The molecule has 2 N–H and O–H groups in total. The lowest BCUT2D eigenvalue weighted by atomic mass is 10.1. The van der Waals surface area contributed by atoms with Crippen LogP contribution in [0.4, 0.5) is 4.39 Å². The molecule has 0 spiro atoms. The SMILES string of the molecule is NN1CCCCC1F. The summed E-state index contributed by atoms with van der Waals surface area (Å²) in [7, 11) is 0. The molecule has 0 aromatic carbocycles. The van der Waals surface area contributed by atoms with Gasteiger partial charge in [0.25, 0.3) is 0 Å². The van der Waals surface area contributed by atoms with E-state index in [1.165, 1.54) is 5.01 Å². The Kier molecular flexibility index (Phi) is 1.81. The van der Waals surface area contributed by atoms with Crippen LogP contribution in [0, 0.1) is 0 Å². The van der Waals surface area contributed by atoms with Crippen LogP contribution in [0.1, 0.15) is 19.3 Å². The van der Waals surface area contributed by atoms with Gasteiger partial charge >= 0.3 is 0 Å². The molecule has 0 saturated carbocycles. The second-order valence-corrected chi connectivity index (χ2v) is 2.17. The molecule has 1 heterocycles. The molecule has 1 rings (SSSR count). The Hall–Kier alpha value is -0.150. The molecule has 8 heavy (non-hydrogen) atoms. The molecule has 0 bridgehead atoms. The summed E-state index contributed by atoms with van der Waals surface area (Å²) in [5, 5.41) is 1.27. The van der Waals surface area contributed by atoms with Gasteiger partial charge < -0.3 is 0 Å². The van der Waals surface area contributed by atoms with Gasteiger partial charge in [-0.05, 0) is 19.3 Å². The number of hydrogen-bond donors (Lipinski definition) is 1. The van der Waals surface area contributed by atoms with Gasteiger partial charge in [0, 0.05) is 6.54 Å². The fourth-order valence-corrected chi connectivity index (χ4v) is 0.913. The quantitative estimate of drug-likeness (QED) is 0.373. The minimum Gasteiger partial charge on any atom is -0.266 e. The van der Waals surface area contributed by atoms with Crippen LogP contribution in [0.3, 0.4) is 0 Å². The van der Waals surface area contributed by atoms with Crippen molar-refractivity contribution in [2.45, 2.75) is 25.6 Å². The largest absolute Gasteiger partial charge is 0.266 e. The Balaban J connectivity index is 2.28. The van der Waals surface area contributed by atoms with Crippen LogP contribution in [-0.2, 0) is 0 Å². The van der Waals surface area contributed by atoms with E-state index >= 15 is 0 Å². The van der Waals surface area contributed by atoms with Crippen LogP contribution >= 0.6 is 0 Å². The summed E-state index contributed by atoms with van der Waals surface area (Å²) >= 11 is 0. The Bertz CT molecular complexity index is 66.8. The molecule has 1 aliphatic rings. The van der Waals surface area contributed by atoms with Crippen molar-refractivity contribution in [2.24, 2.45) is 5.84 Å². The first-order valence-corrected chi connectivity index (χ1v) is 2.96. The Morgan fingerprint density at radius 2 is 2.25 bits per heavy atom. The maximum Gasteiger partial charge on any atom is 0.165 e. The summed E-state index contributed by atoms with van der Waals surface area (Å²) in [4.78, 5) is 0. The lowest BCUT2D eigenvalue weighted by Gasteiger charge is -2.24. The van der Waals surface area contributed by atoms with Crippen molar-refractivity contribution < 1.29 is 4.39 Å². The van der Waals surface area contributed by atoms with Crippen LogP contribution in [0.15, 0.2) is 0 Å². The zero-order valence-electron chi connectivity index (χ0n) is 4.81. The predicted octanol–water partition coefficient (Wildman–Crippen LogP) is 0.642. The fraction of sp³-hybridized carbons (Fsp3) is 1.00. The van der Waals surface area contributed by atoms with E-state index in [9.17, 15) is 4.39 Å². The second-order valence-electron chi connectivity index (χ2n) is 2.17. The van der Waals surface area contributed by atoms with Gasteiger partial charge in [-0.15, -0.1) is 0 Å². The molecule has 0 radical (unpaired) electrons. The summed E-state index contributed by atoms with van der Waals surface area (Å²) in [5.41, 5.74) is 0. The van der Waals surface area contributed by atoms with Gasteiger partial charge in [0.2, 0.25) is 0 Å². The highest BCUT2D eigenvalue weighted by atomic mass is 19.1. The smallest absolute Gasteiger partial charge is 0.165 e. The van der Waals surface area contributed by atoms with Crippen molar-refractivity contribution in [3.8, 4) is 0 Å². The fourth-order valence-electron chi connectivity index (χ4n) is 0.913. The zero-order valence-corrected chi connectivity index (χ0v) is 4.81. The first-order valence-electron chi connectivity index (χ1n) is 2.96. The van der Waals surface area contributed by atoms with Crippen molar-refractivity contribution in [3.63, 3.8) is 0 Å². The summed E-state index contributed by atoms with van der Waals surface area (Å²) < 4.78 is 12.4. The first-order chi connectivity index (χ1) is 3.80. The molecule has 0 aromatic rings. The number of hydrogen-bond acceptors (Lipinski definition) is 2. The number of nitrogens with zero attached hydrogens (tertiary/aromatic N) is 1. The Morgan fingerprint density at radius 3 is 2.62 bits per heavy atom. The molecule has 0 aromatic heterocycles. The molecule has 0 amide bonds. The topological polar surface area (TPSA) is 29.3 Å². The first kappa shape index (κ1) is 5.98. The van der Waals surface area contributed by atoms with Gasteiger partial charge in [-0.25, -0.2) is 9.40 Å². The highest BCUT2D eigenvalue weighted by Crippen LogP contribution is 2.13. The van der Waals surface area contributed by atoms with Crippen LogP contribution in [0.5, 0.6) is 0 Å². The number of halogens is 1. The van der Waals surface area contributed by atoms with Gasteiger partial charge in [-0.3, -0.25) is 5.84 Å². The molecular formula is C5H11FN2. The van der Waals surface area contributed by atoms with E-state index in [2.05, 4.69) is 0 Å². The summed E-state index contributed by atoms with van der Waals surface area (Å²) in [5.74, 6) is 5.24. The van der Waals surface area contributed by atoms with Crippen molar-refractivity contribution >= 4 is 0 Å². The van der Waals surface area contributed by atoms with Gasteiger partial charge in [0.05, 0.1) is 0 Å². The molecule has 1 atom stereocenters. The summed E-state index contributed by atoms with van der Waals surface area (Å²) in [6.07, 6.45) is 1.74. The summed E-state index contributed by atoms with van der Waals surface area (Å²) in [6, 6.07) is 0. The van der Waals surface area contributed by atoms with Gasteiger partial charge in [0.1, 0.15) is 0 Å². The average molecular weight is 118 g/mol. The van der Waals surface area contributed by atoms with E-state index in [1.54, 1.807) is 0 Å². The molecule has 48 valence electrons. The molecule has 1 unspecified atom stereocenters. The third kappa shape index (κ3) is 1.17. The minimum absolute atomic E-state index is 0.608. The number of alkyl halides is 1. The molecule has 1 fully saturated rings. The second kappa shape index (κ2) is 2.42. The van der Waals surface area contributed by atoms with Crippen LogP contribution in [0.2, 0.25) is 0 Å². The number of piperidine rings is 1. The average Bonchev–Trinajstić information content (AvgIpc) is 1.77. The van der Waals surface area contributed by atoms with E-state index < -0.39 is 6.30 Å². The van der Waals surface area contributed by atoms with Gasteiger partial charge in [0.15, 0.2) is 6.30 Å². The van der Waals surface area contributed by atoms with Crippen molar-refractivity contribution in [3.05, 3.63) is 0 Å². The maximum absolute atomic E-state index is 12.4. The van der Waals surface area contributed by atoms with E-state index in [4.69, 9.17) is 5.84 Å². The summed E-state index contributed by atoms with van der Waals surface area (Å²) in [6.45, 7) is 0.709. The maximum atomic E-state index is 12.4. The van der Waals surface area contributed by atoms with Crippen LogP contribution in [-0.4, -0.2) is 17.8 Å². The Morgan fingerprint density at radius 1 is 1.50 bits per heavy atom. The van der Waals surface area contributed by atoms with E-state index in [1.807, 2.05) is 0 Å². The standard InChI is InChI=1S/C5H11FN2/c6-5-3-1-2-4-8(5)7/h5H,1-4,7H2. The molecule has 3 heteroatoms.